The molecule has 17 N–H and O–H groups in total. The van der Waals surface area contributed by atoms with Crippen molar-refractivity contribution in [2.24, 2.45) is 0 Å². The minimum atomic E-state index is -4.74. The lowest BCUT2D eigenvalue weighted by Crippen LogP contribution is -2.33. The molecule has 0 bridgehead atoms. The lowest BCUT2D eigenvalue weighted by Gasteiger charge is -2.28. The lowest BCUT2D eigenvalue weighted by atomic mass is 10.1. The molecule has 0 aliphatic carbocycles. The van der Waals surface area contributed by atoms with Gasteiger partial charge in [-0.05, 0) is 98.0 Å². The van der Waals surface area contributed by atoms with Gasteiger partial charge in [-0.1, -0.05) is 19.2 Å². The van der Waals surface area contributed by atoms with Crippen molar-refractivity contribution in [2.75, 3.05) is 69.7 Å². The summed E-state index contributed by atoms with van der Waals surface area (Å²) in [6.07, 6.45) is -12.7. The van der Waals surface area contributed by atoms with Crippen LogP contribution in [0.2, 0.25) is 0 Å². The Hall–Kier alpha value is -7.16. The Labute approximate surface area is 855 Å². The molecule has 792 valence electrons. The van der Waals surface area contributed by atoms with E-state index < -0.39 is 250 Å². The third-order valence-electron chi connectivity index (χ3n) is 24.3. The first-order chi connectivity index (χ1) is 69.1. The average Bonchev–Trinajstić information content (AvgIpc) is 1.63. The van der Waals surface area contributed by atoms with Crippen LogP contribution in [0.15, 0.2) is 98.0 Å². The fourth-order valence-corrected chi connectivity index (χ4v) is 27.2. The van der Waals surface area contributed by atoms with Gasteiger partial charge >= 0.3 is 64.2 Å². The molecule has 7 fully saturated rings. The van der Waals surface area contributed by atoms with Crippen LogP contribution < -0.4 is 56.7 Å². The molecule has 18 heterocycles. The number of anilines is 4. The lowest BCUT2D eigenvalue weighted by molar-refractivity contribution is -0.0569. The van der Waals surface area contributed by atoms with Crippen LogP contribution in [0.1, 0.15) is 119 Å². The Morgan fingerprint density at radius 1 is 0.342 bits per heavy atom. The molecule has 7 aliphatic heterocycles. The highest BCUT2D eigenvalue weighted by Gasteiger charge is 2.52. The van der Waals surface area contributed by atoms with Gasteiger partial charge in [0, 0.05) is 87.3 Å². The first-order valence-electron chi connectivity index (χ1n) is 43.9. The molecule has 0 spiro atoms. The van der Waals surface area contributed by atoms with E-state index in [1.165, 1.54) is 97.4 Å². The van der Waals surface area contributed by atoms with E-state index in [0.717, 1.165) is 27.1 Å². The van der Waals surface area contributed by atoms with Gasteiger partial charge in [0.1, 0.15) is 134 Å². The maximum Gasteiger partial charge on any atom is 0.386 e. The van der Waals surface area contributed by atoms with Crippen LogP contribution in [0.5, 0.6) is 0 Å². The second-order valence-corrected chi connectivity index (χ2v) is 53.7. The van der Waals surface area contributed by atoms with Gasteiger partial charge in [-0.25, -0.2) is 78.8 Å². The molecule has 0 aromatic carbocycles. The number of aryl methyl sites for hydroxylation is 3. The summed E-state index contributed by atoms with van der Waals surface area (Å²) in [7, 11) is 1.10. The molecule has 146 heavy (non-hydrogen) atoms. The van der Waals surface area contributed by atoms with Gasteiger partial charge in [0.05, 0.1) is 108 Å². The Bertz CT molecular complexity index is 7540. The number of aromatic amines is 3. The standard InChI is InChI=1S/C72H93N26O34P7S7/c1-6-34-35(7-51(119-34)95-27-85-55-59(73)77-23-81-63(55)95)127-134(106,141)113-20-45-39(11-52(123-45)96-28-86-56-60(74)78-24-82-64(56)96)132-139(111,146)118-22-47-41(13-54(125-47)98-30-88-58-62(76)80-26-84-66(58)98)131-138(110,145)116-19-44-38(10-50(122-44)94-16-33(4)69(101)91-72(94)104)129-136(108,143)117-21-46-40(12-53(124-46)97-29-87-57-61(75)79-25-83-65(57)97)130-137(109,144)115-18-43-37(9-49(121-43)93-15-32(3)68(100)90-71(93)103)128-135(107,142)114-17-42-36(126-133(105,140)112-5)8-48(120-42)92-14-31(2)67(99)89-70(92)102/h14-16,23-30,34-54H,6-13,17-22H2,1-5H3,(H,105,140)(H,106,141)(H,107,142)(H,108,143)(H,109,144)(H,110,145)(H,111,146)(H2,73,77,81)(H2,74,78,82)(H2,75,79,83)(H2,76,80,84)(H,89,99,102)(H,90,100,103)(H,91,101,104)/t34-,35-,36-,37-,38-,39-,40-,41-,42-,43-,44-,45-,46-,47-,48-,49-,50-,51-,52-,53-,54-,133?,134?,135?,136?,137?,138?,139?/m1/s1. The summed E-state index contributed by atoms with van der Waals surface area (Å²) in [6.45, 7) is -29.7. The quantitative estimate of drug-likeness (QED) is 0.0193. The van der Waals surface area contributed by atoms with Gasteiger partial charge in [-0.2, -0.15) is 0 Å². The number of rotatable bonds is 41. The van der Waals surface area contributed by atoms with E-state index in [1.807, 2.05) is 6.92 Å². The number of H-pyrrole nitrogens is 3. The zero-order valence-electron chi connectivity index (χ0n) is 76.3. The topological polar surface area (TPSA) is 775 Å². The van der Waals surface area contributed by atoms with E-state index in [1.54, 1.807) is 4.57 Å². The highest BCUT2D eigenvalue weighted by atomic mass is 32.7. The molecule has 74 heteroatoms. The zero-order valence-corrected chi connectivity index (χ0v) is 88.4. The molecule has 7 unspecified atom stereocenters. The number of thiol groups is 1. The van der Waals surface area contributed by atoms with E-state index in [9.17, 15) is 58.1 Å². The van der Waals surface area contributed by atoms with E-state index in [0.29, 0.717) is 17.6 Å². The number of fused-ring (bicyclic) bond motifs is 4. The van der Waals surface area contributed by atoms with Gasteiger partial charge < -0.3 is 140 Å². The van der Waals surface area contributed by atoms with Crippen LogP contribution in [0.4, 0.5) is 23.3 Å². The summed E-state index contributed by atoms with van der Waals surface area (Å²) in [6, 6.07) is 0. The van der Waals surface area contributed by atoms with Gasteiger partial charge in [0.2, 0.25) is 0 Å². The molecule has 11 aromatic heterocycles. The number of nitrogens with two attached hydrogens (primary N) is 4. The number of ether oxygens (including phenoxy) is 7. The number of imidazole rings is 4. The minimum Gasteiger partial charge on any atom is -0.382 e. The Morgan fingerprint density at radius 3 is 0.795 bits per heavy atom. The van der Waals surface area contributed by atoms with Crippen molar-refractivity contribution in [1.82, 2.24) is 107 Å². The van der Waals surface area contributed by atoms with Gasteiger partial charge in [0.15, 0.2) is 45.9 Å². The number of aromatic nitrogens is 22. The van der Waals surface area contributed by atoms with Crippen molar-refractivity contribution < 1.29 is 130 Å². The van der Waals surface area contributed by atoms with E-state index in [-0.39, 0.29) is 118 Å². The van der Waals surface area contributed by atoms with Crippen molar-refractivity contribution in [3.05, 3.63) is 148 Å². The molecule has 60 nitrogen and oxygen atoms in total. The minimum absolute atomic E-state index is 0.00571. The van der Waals surface area contributed by atoms with Crippen molar-refractivity contribution in [2.45, 2.75) is 208 Å². The number of nitrogens with one attached hydrogen (secondary N) is 3. The maximum absolute atomic E-state index is 15.0. The number of nitrogens with zero attached hydrogens (tertiary/aromatic N) is 19. The normalized spacial score (nSPS) is 29.5. The number of hydrogen-bond donors (Lipinski definition) is 14. The summed E-state index contributed by atoms with van der Waals surface area (Å²) in [4.78, 5) is 207. The monoisotopic (exact) mass is 2310 g/mol. The van der Waals surface area contributed by atoms with Crippen LogP contribution in [0, 0.1) is 20.8 Å². The van der Waals surface area contributed by atoms with Gasteiger partial charge in [0.25, 0.3) is 16.7 Å². The summed E-state index contributed by atoms with van der Waals surface area (Å²) >= 11 is 37.9. The van der Waals surface area contributed by atoms with Crippen molar-refractivity contribution in [3.8, 4) is 0 Å². The smallest absolute Gasteiger partial charge is 0.382 e. The number of hydrogen-bond acceptors (Lipinski definition) is 50. The van der Waals surface area contributed by atoms with E-state index >= 15 is 4.57 Å². The van der Waals surface area contributed by atoms with Gasteiger partial charge in [-0.15, -0.1) is 0 Å². The van der Waals surface area contributed by atoms with Crippen LogP contribution in [-0.2, 0) is 172 Å². The average molecular weight is 2310 g/mol. The largest absolute Gasteiger partial charge is 0.386 e. The Balaban J connectivity index is 0.559. The third-order valence-corrected chi connectivity index (χ3v) is 35.6. The second kappa shape index (κ2) is 43.8. The summed E-state index contributed by atoms with van der Waals surface area (Å²) in [5, 5.41) is 0. The molecule has 0 saturated carbocycles. The SMILES string of the molecule is CC[C@H]1O[C@@H](n2cnc3c(N)ncnc32)C[C@H]1OP(O)(=S)OC[C@H]1O[C@@H](n2cnc3c(N)ncnc32)C[C@H]1OP(=O)(S)OC[C@H]1O[C@@H](n2cnc3c(N)ncnc32)C[C@H]1OP(O)(=S)OC[C@H]1O[C@@H](n2cc(C)c(=O)[nH]c2=O)C[C@H]1OP(O)(=S)OC[C@H]1O[C@@H](n2cnc3c(N)ncnc32)C[C@H]1OP(O)(=S)OC[C@H]1O[C@@H](n2cc(C)c(=O)[nH]c2=O)C[C@H]1OP(O)(=S)OC[C@H]1O[C@@H](n2cc(C)c(=O)[nH]c2=O)C[C@H]1OP(O)(=S)OC. The van der Waals surface area contributed by atoms with Crippen LogP contribution in [-0.4, -0.2) is 268 Å². The van der Waals surface area contributed by atoms with Crippen molar-refractivity contribution in [1.29, 1.82) is 0 Å². The summed E-state index contributed by atoms with van der Waals surface area (Å²) < 4.78 is 153. The predicted octanol–water partition coefficient (Wildman–Crippen LogP) is 2.45. The van der Waals surface area contributed by atoms with Crippen LogP contribution in [0.25, 0.3) is 44.7 Å². The van der Waals surface area contributed by atoms with E-state index in [2.05, 4.69) is 87.0 Å². The van der Waals surface area contributed by atoms with Crippen molar-refractivity contribution >= 4 is 198 Å². The third kappa shape index (κ3) is 24.5. The first kappa shape index (κ1) is 109. The summed E-state index contributed by atoms with van der Waals surface area (Å²) in [5.41, 5.74) is 21.9. The zero-order chi connectivity index (χ0) is 104. The van der Waals surface area contributed by atoms with Crippen LogP contribution in [0.3, 0.4) is 0 Å². The Morgan fingerprint density at radius 2 is 0.555 bits per heavy atom. The van der Waals surface area contributed by atoms with Crippen LogP contribution >= 0.6 is 59.4 Å². The maximum atomic E-state index is 15.0. The van der Waals surface area contributed by atoms with Crippen molar-refractivity contribution in [3.63, 3.8) is 0 Å². The van der Waals surface area contributed by atoms with Gasteiger partial charge in [-0.3, -0.25) is 70.4 Å². The second-order valence-electron chi connectivity index (χ2n) is 34.0. The summed E-state index contributed by atoms with van der Waals surface area (Å²) in [5.74, 6) is 0.197. The number of nitrogen functional groups attached to an aromatic ring is 4. The molecule has 28 atom stereocenters. The Kier molecular flexibility index (Phi) is 32.6. The molecule has 11 aromatic rings. The molecule has 0 radical (unpaired) electrons. The highest BCUT2D eigenvalue weighted by Crippen LogP contribution is 2.61. The fraction of sp³-hybridized carbons (Fsp3) is 0.556. The fourth-order valence-electron chi connectivity index (χ4n) is 17.3. The molecule has 0 amide bonds. The molecule has 18 rings (SSSR count). The van der Waals surface area contributed by atoms with E-state index in [4.69, 9.17) is 190 Å². The first-order valence-corrected chi connectivity index (χ1v) is 62.1. The molecular weight excluding hydrogens is 2210 g/mol. The highest BCUT2D eigenvalue weighted by molar-refractivity contribution is 8.44. The molecule has 7 aliphatic rings. The molecule has 7 saturated heterocycles. The molecular formula is C72H93N26O34P7S7. The predicted molar refractivity (Wildman–Crippen MR) is 530 cm³/mol.